The third-order valence-corrected chi connectivity index (χ3v) is 5.66. The predicted molar refractivity (Wildman–Crippen MR) is 181 cm³/mol. The first-order chi connectivity index (χ1) is 24.0. The van der Waals surface area contributed by atoms with Crippen LogP contribution in [0.4, 0.5) is 0 Å². The number of nitrogens with zero attached hydrogens (tertiary/aromatic N) is 2. The largest absolute Gasteiger partial charge is 2.00 e. The Hall–Kier alpha value is -5.90. The molecule has 0 atom stereocenters. The topological polar surface area (TPSA) is 186 Å². The van der Waals surface area contributed by atoms with Crippen LogP contribution < -0.4 is 20.4 Å². The molecule has 0 saturated heterocycles. The Morgan fingerprint density at radius 1 is 0.365 bits per heavy atom. The molecule has 0 fully saturated rings. The minimum atomic E-state index is -1.13. The number of carboxylic acid groups (broad SMARTS) is 4. The monoisotopic (exact) mass is 796 g/mol. The number of benzene rings is 4. The summed E-state index contributed by atoms with van der Waals surface area (Å²) < 4.78 is 0. The van der Waals surface area contributed by atoms with Crippen molar-refractivity contribution in [2.45, 2.75) is 13.8 Å². The smallest absolute Gasteiger partial charge is 0.545 e. The molecule has 0 N–H and O–H groups in total. The van der Waals surface area contributed by atoms with Gasteiger partial charge < -0.3 is 39.6 Å². The summed E-state index contributed by atoms with van der Waals surface area (Å²) in [6.07, 6.45) is 7.21. The molecule has 0 bridgehead atoms. The second-order valence-electron chi connectivity index (χ2n) is 9.67. The van der Waals surface area contributed by atoms with Crippen LogP contribution in [0, 0.1) is 13.8 Å². The molecule has 0 amide bonds. The first kappa shape index (κ1) is 48.2. The molecule has 2 aromatic heterocycles. The Bertz CT molecular complexity index is 1570. The summed E-state index contributed by atoms with van der Waals surface area (Å²) in [5, 5.41) is 40.4. The molecule has 0 unspecified atom stereocenters. The quantitative estimate of drug-likeness (QED) is 0.240. The Morgan fingerprint density at radius 3 is 0.673 bits per heavy atom. The molecule has 0 aliphatic rings. The van der Waals surface area contributed by atoms with Crippen molar-refractivity contribution in [3.8, 4) is 0 Å². The molecular formula is C40H34Cu2N2O8. The van der Waals surface area contributed by atoms with Gasteiger partial charge in [0.1, 0.15) is 0 Å². The van der Waals surface area contributed by atoms with Crippen LogP contribution >= 0.6 is 0 Å². The van der Waals surface area contributed by atoms with Gasteiger partial charge in [0.05, 0.1) is 23.9 Å². The van der Waals surface area contributed by atoms with Gasteiger partial charge in [0.15, 0.2) is 0 Å². The Labute approximate surface area is 323 Å². The van der Waals surface area contributed by atoms with E-state index >= 15 is 0 Å². The molecular weight excluding hydrogens is 764 g/mol. The van der Waals surface area contributed by atoms with Gasteiger partial charge >= 0.3 is 34.1 Å². The Balaban J connectivity index is 0. The van der Waals surface area contributed by atoms with Gasteiger partial charge in [-0.2, -0.15) is 0 Å². The first-order valence-electron chi connectivity index (χ1n) is 14.8. The number of hydrogen-bond acceptors (Lipinski definition) is 10. The van der Waals surface area contributed by atoms with Crippen LogP contribution in [-0.2, 0) is 34.1 Å². The summed E-state index contributed by atoms with van der Waals surface area (Å²) in [4.78, 5) is 48.1. The maximum absolute atomic E-state index is 10.1. The van der Waals surface area contributed by atoms with Crippen LogP contribution in [0.15, 0.2) is 170 Å². The van der Waals surface area contributed by atoms with E-state index in [1.165, 1.54) is 59.7 Å². The van der Waals surface area contributed by atoms with E-state index in [9.17, 15) is 39.6 Å². The standard InChI is InChI=1S/4C7H6O2.2C6H7N.2Cu/c4*8-7(9)6-4-2-1-3-5-6;2*1-6-3-2-4-7-5-6;;/h4*1-5H,(H,8,9);2*2-5H,1H3;;/q;;;;;;2*+2/p-4. The molecule has 6 aromatic rings. The zero-order valence-electron chi connectivity index (χ0n) is 27.9. The predicted octanol–water partition coefficient (Wildman–Crippen LogP) is 2.98. The van der Waals surface area contributed by atoms with Crippen LogP contribution in [0.1, 0.15) is 52.6 Å². The van der Waals surface area contributed by atoms with Gasteiger partial charge in [-0.1, -0.05) is 133 Å². The Kier molecular flexibility index (Phi) is 27.8. The van der Waals surface area contributed by atoms with E-state index in [0.29, 0.717) is 0 Å². The van der Waals surface area contributed by atoms with Gasteiger partial charge in [-0.25, -0.2) is 0 Å². The van der Waals surface area contributed by atoms with E-state index < -0.39 is 23.9 Å². The van der Waals surface area contributed by atoms with Crippen molar-refractivity contribution in [1.29, 1.82) is 0 Å². The zero-order chi connectivity index (χ0) is 37.0. The molecule has 2 radical (unpaired) electrons. The summed E-state index contributed by atoms with van der Waals surface area (Å²) >= 11 is 0. The second-order valence-corrected chi connectivity index (χ2v) is 9.67. The van der Waals surface area contributed by atoms with Crippen LogP contribution in [0.2, 0.25) is 0 Å². The van der Waals surface area contributed by atoms with Crippen molar-refractivity contribution in [3.63, 3.8) is 0 Å². The third-order valence-electron chi connectivity index (χ3n) is 5.66. The summed E-state index contributed by atoms with van der Waals surface area (Å²) in [5.74, 6) is -4.52. The minimum Gasteiger partial charge on any atom is -0.545 e. The van der Waals surface area contributed by atoms with Gasteiger partial charge in [0.2, 0.25) is 0 Å². The van der Waals surface area contributed by atoms with Gasteiger partial charge in [-0.05, 0) is 59.4 Å². The van der Waals surface area contributed by atoms with E-state index in [4.69, 9.17) is 0 Å². The number of carbonyl (C=O) groups excluding carboxylic acids is 4. The average molecular weight is 798 g/mol. The van der Waals surface area contributed by atoms with Crippen molar-refractivity contribution >= 4 is 23.9 Å². The van der Waals surface area contributed by atoms with Crippen LogP contribution in [0.25, 0.3) is 0 Å². The van der Waals surface area contributed by atoms with E-state index in [1.807, 2.05) is 50.5 Å². The van der Waals surface area contributed by atoms with Crippen molar-refractivity contribution in [3.05, 3.63) is 204 Å². The van der Waals surface area contributed by atoms with Crippen LogP contribution in [0.5, 0.6) is 0 Å². The molecule has 274 valence electrons. The number of pyridine rings is 2. The molecule has 52 heavy (non-hydrogen) atoms. The molecule has 0 saturated carbocycles. The number of rotatable bonds is 4. The summed E-state index contributed by atoms with van der Waals surface area (Å²) in [6.45, 7) is 4.04. The van der Waals surface area contributed by atoms with Crippen molar-refractivity contribution < 1.29 is 73.7 Å². The first-order valence-corrected chi connectivity index (χ1v) is 14.8. The normalized spacial score (nSPS) is 8.50. The SMILES string of the molecule is Cc1cccnc1.Cc1cccnc1.O=C([O-])c1ccccc1.O=C([O-])c1ccccc1.O=C([O-])c1ccccc1.O=C([O-])c1ccccc1.[Cu+2].[Cu+2]. The maximum Gasteiger partial charge on any atom is 2.00 e. The number of carbonyl (C=O) groups is 4. The van der Waals surface area contributed by atoms with Crippen LogP contribution in [0.3, 0.4) is 0 Å². The van der Waals surface area contributed by atoms with Gasteiger partial charge in [0.25, 0.3) is 0 Å². The molecule has 0 aliphatic heterocycles. The summed E-state index contributed by atoms with van der Waals surface area (Å²) in [6, 6.07) is 40.1. The molecule has 0 spiro atoms. The van der Waals surface area contributed by atoms with E-state index in [1.54, 1.807) is 85.2 Å². The van der Waals surface area contributed by atoms with Crippen molar-refractivity contribution in [2.75, 3.05) is 0 Å². The molecule has 12 heteroatoms. The van der Waals surface area contributed by atoms with Crippen LogP contribution in [-0.4, -0.2) is 33.8 Å². The molecule has 2 heterocycles. The summed E-state index contributed by atoms with van der Waals surface area (Å²) in [5.41, 5.74) is 3.30. The fourth-order valence-electron chi connectivity index (χ4n) is 3.19. The number of aromatic nitrogens is 2. The van der Waals surface area contributed by atoms with E-state index in [0.717, 1.165) is 0 Å². The third kappa shape index (κ3) is 24.3. The Morgan fingerprint density at radius 2 is 0.577 bits per heavy atom. The molecule has 10 nitrogen and oxygen atoms in total. The minimum absolute atomic E-state index is 0. The van der Waals surface area contributed by atoms with Crippen molar-refractivity contribution in [1.82, 2.24) is 9.97 Å². The molecule has 0 aliphatic carbocycles. The molecule has 6 rings (SSSR count). The number of aryl methyl sites for hydroxylation is 2. The summed E-state index contributed by atoms with van der Waals surface area (Å²) in [7, 11) is 0. The average Bonchev–Trinajstić information content (AvgIpc) is 3.15. The van der Waals surface area contributed by atoms with Crippen molar-refractivity contribution in [2.24, 2.45) is 0 Å². The van der Waals surface area contributed by atoms with E-state index in [2.05, 4.69) is 9.97 Å². The van der Waals surface area contributed by atoms with Gasteiger partial charge in [0, 0.05) is 24.8 Å². The number of carboxylic acids is 4. The van der Waals surface area contributed by atoms with Gasteiger partial charge in [-0.15, -0.1) is 0 Å². The van der Waals surface area contributed by atoms with Gasteiger partial charge in [-0.3, -0.25) is 9.97 Å². The maximum atomic E-state index is 10.1. The number of hydrogen-bond donors (Lipinski definition) is 0. The van der Waals surface area contributed by atoms with E-state index in [-0.39, 0.29) is 56.4 Å². The molecule has 4 aromatic carbocycles. The fourth-order valence-corrected chi connectivity index (χ4v) is 3.19. The number of aromatic carboxylic acids is 4. The zero-order valence-corrected chi connectivity index (χ0v) is 29.8. The second kappa shape index (κ2) is 30.0. The fraction of sp³-hybridized carbons (Fsp3) is 0.0500.